The van der Waals surface area contributed by atoms with E-state index in [-0.39, 0.29) is 34.6 Å². The van der Waals surface area contributed by atoms with E-state index in [1.807, 2.05) is 20.8 Å². The number of aromatic nitrogens is 3. The zero-order chi connectivity index (χ0) is 21.9. The van der Waals surface area contributed by atoms with Gasteiger partial charge in [0.05, 0.1) is 5.69 Å². The van der Waals surface area contributed by atoms with Crippen molar-refractivity contribution in [3.05, 3.63) is 60.1 Å². The molecular formula is C21H20ClFN4O3. The monoisotopic (exact) mass is 430 g/mol. The van der Waals surface area contributed by atoms with Gasteiger partial charge in [0.25, 0.3) is 0 Å². The van der Waals surface area contributed by atoms with Gasteiger partial charge in [-0.3, -0.25) is 5.32 Å². The fourth-order valence-corrected chi connectivity index (χ4v) is 2.70. The van der Waals surface area contributed by atoms with E-state index in [9.17, 15) is 4.79 Å². The summed E-state index contributed by atoms with van der Waals surface area (Å²) in [7, 11) is 0. The highest BCUT2D eigenvalue weighted by atomic mass is 35.5. The normalized spacial score (nSPS) is 11.2. The molecule has 0 aliphatic heterocycles. The molecule has 3 rings (SSSR count). The van der Waals surface area contributed by atoms with E-state index in [0.717, 1.165) is 0 Å². The van der Waals surface area contributed by atoms with Crippen LogP contribution in [0, 0.1) is 5.82 Å². The first-order valence-electron chi connectivity index (χ1n) is 9.04. The zero-order valence-electron chi connectivity index (χ0n) is 16.7. The van der Waals surface area contributed by atoms with E-state index in [2.05, 4.69) is 26.8 Å². The van der Waals surface area contributed by atoms with Crippen molar-refractivity contribution >= 4 is 23.4 Å². The second-order valence-electron chi connectivity index (χ2n) is 7.34. The lowest BCUT2D eigenvalue weighted by atomic mass is 9.97. The molecule has 1 N–H and O–H groups in total. The molecule has 9 heteroatoms. The Hall–Kier alpha value is -3.26. The molecule has 1 aromatic carbocycles. The topological polar surface area (TPSA) is 90.1 Å². The highest BCUT2D eigenvalue weighted by Gasteiger charge is 2.28. The van der Waals surface area contributed by atoms with Crippen molar-refractivity contribution in [1.82, 2.24) is 15.0 Å². The van der Waals surface area contributed by atoms with Crippen LogP contribution in [0.2, 0.25) is 5.28 Å². The molecule has 0 fully saturated rings. The Morgan fingerprint density at radius 1 is 1.33 bits per heavy atom. The Kier molecular flexibility index (Phi) is 6.17. The van der Waals surface area contributed by atoms with Crippen molar-refractivity contribution in [3.8, 4) is 22.7 Å². The fourth-order valence-electron chi connectivity index (χ4n) is 2.55. The van der Waals surface area contributed by atoms with Crippen molar-refractivity contribution in [3.63, 3.8) is 0 Å². The Morgan fingerprint density at radius 2 is 2.10 bits per heavy atom. The van der Waals surface area contributed by atoms with Gasteiger partial charge in [-0.05, 0) is 29.8 Å². The summed E-state index contributed by atoms with van der Waals surface area (Å²) in [5.74, 6) is -0.0527. The molecule has 0 unspecified atom stereocenters. The van der Waals surface area contributed by atoms with E-state index >= 15 is 4.39 Å². The number of amides is 1. The molecule has 156 valence electrons. The van der Waals surface area contributed by atoms with Crippen molar-refractivity contribution < 1.29 is 18.3 Å². The third kappa shape index (κ3) is 4.65. The second-order valence-corrected chi connectivity index (χ2v) is 7.67. The number of hydrogen-bond acceptors (Lipinski definition) is 6. The number of carbonyl (C=O) groups is 1. The molecule has 30 heavy (non-hydrogen) atoms. The van der Waals surface area contributed by atoms with Gasteiger partial charge in [-0.25, -0.2) is 24.1 Å². The van der Waals surface area contributed by atoms with Gasteiger partial charge in [0, 0.05) is 17.2 Å². The third-order valence-electron chi connectivity index (χ3n) is 3.95. The van der Waals surface area contributed by atoms with E-state index in [1.54, 1.807) is 12.1 Å². The van der Waals surface area contributed by atoms with Gasteiger partial charge in [-0.2, -0.15) is 0 Å². The number of ether oxygens (including phenoxy) is 1. The summed E-state index contributed by atoms with van der Waals surface area (Å²) < 4.78 is 26.1. The smallest absolute Gasteiger partial charge is 0.412 e. The lowest BCUT2D eigenvalue weighted by molar-refractivity contribution is 0.174. The van der Waals surface area contributed by atoms with Crippen LogP contribution in [0.1, 0.15) is 26.7 Å². The quantitative estimate of drug-likeness (QED) is 0.417. The zero-order valence-corrected chi connectivity index (χ0v) is 17.5. The number of carbonyl (C=O) groups excluding carboxylic acids is 1. The van der Waals surface area contributed by atoms with Crippen molar-refractivity contribution in [2.24, 2.45) is 0 Å². The highest BCUT2D eigenvalue weighted by Crippen LogP contribution is 2.38. The number of anilines is 1. The lowest BCUT2D eigenvalue weighted by Gasteiger charge is -2.12. The predicted molar refractivity (Wildman–Crippen MR) is 112 cm³/mol. The first kappa shape index (κ1) is 21.4. The van der Waals surface area contributed by atoms with Gasteiger partial charge < -0.3 is 9.15 Å². The number of halogens is 2. The molecule has 3 aromatic rings. The SMILES string of the molecule is C=CCOC(=O)Nc1cccc(-c2nc(C(C)(C)C)oc2-c2ccnc(Cl)n2)c1F. The average Bonchev–Trinajstić information content (AvgIpc) is 3.14. The molecule has 0 bridgehead atoms. The first-order valence-corrected chi connectivity index (χ1v) is 9.42. The predicted octanol–water partition coefficient (Wildman–Crippen LogP) is 5.62. The molecule has 2 aromatic heterocycles. The van der Waals surface area contributed by atoms with Crippen LogP contribution < -0.4 is 5.32 Å². The van der Waals surface area contributed by atoms with Crippen LogP contribution in [0.15, 0.2) is 47.5 Å². The summed E-state index contributed by atoms with van der Waals surface area (Å²) in [5.41, 5.74) is 0.213. The van der Waals surface area contributed by atoms with E-state index in [0.29, 0.717) is 11.6 Å². The maximum Gasteiger partial charge on any atom is 0.412 e. The highest BCUT2D eigenvalue weighted by molar-refractivity contribution is 6.28. The molecule has 7 nitrogen and oxygen atoms in total. The Labute approximate surface area is 178 Å². The molecule has 0 spiro atoms. The molecule has 2 heterocycles. The van der Waals surface area contributed by atoms with Crippen LogP contribution in [-0.4, -0.2) is 27.7 Å². The van der Waals surface area contributed by atoms with E-state index in [1.165, 1.54) is 24.4 Å². The largest absolute Gasteiger partial charge is 0.445 e. The summed E-state index contributed by atoms with van der Waals surface area (Å²) in [6.45, 7) is 9.22. The van der Waals surface area contributed by atoms with Crippen molar-refractivity contribution in [2.75, 3.05) is 11.9 Å². The molecule has 0 radical (unpaired) electrons. The van der Waals surface area contributed by atoms with Gasteiger partial charge in [0.2, 0.25) is 11.2 Å². The molecule has 0 saturated heterocycles. The van der Waals surface area contributed by atoms with Crippen LogP contribution in [0.5, 0.6) is 0 Å². The minimum Gasteiger partial charge on any atom is -0.445 e. The number of rotatable bonds is 5. The fraction of sp³-hybridized carbons (Fsp3) is 0.238. The number of benzene rings is 1. The summed E-state index contributed by atoms with van der Waals surface area (Å²) >= 11 is 5.92. The Balaban J connectivity index is 2.11. The minimum atomic E-state index is -0.802. The summed E-state index contributed by atoms with van der Waals surface area (Å²) in [4.78, 5) is 24.4. The van der Waals surface area contributed by atoms with Crippen molar-refractivity contribution in [1.29, 1.82) is 0 Å². The number of oxazole rings is 1. The van der Waals surface area contributed by atoms with Crippen LogP contribution in [0.3, 0.4) is 0 Å². The van der Waals surface area contributed by atoms with Crippen LogP contribution >= 0.6 is 11.6 Å². The summed E-state index contributed by atoms with van der Waals surface area (Å²) in [5, 5.41) is 2.39. The van der Waals surface area contributed by atoms with Crippen LogP contribution in [0.25, 0.3) is 22.7 Å². The molecule has 0 saturated carbocycles. The molecule has 0 aliphatic carbocycles. The Bertz CT molecular complexity index is 1090. The standard InChI is InChI=1S/C21H20ClFN4O3/c1-5-11-29-20(28)26-13-8-6-7-12(15(13)23)16-17(14-9-10-24-19(22)25-14)30-18(27-16)21(2,3)4/h5-10H,1,11H2,2-4H3,(H,26,28). The number of nitrogens with zero attached hydrogens (tertiary/aromatic N) is 3. The average molecular weight is 431 g/mol. The van der Waals surface area contributed by atoms with E-state index < -0.39 is 17.3 Å². The molecule has 0 aliphatic rings. The van der Waals surface area contributed by atoms with Gasteiger partial charge in [-0.15, -0.1) is 0 Å². The Morgan fingerprint density at radius 3 is 2.77 bits per heavy atom. The number of nitrogens with one attached hydrogen (secondary N) is 1. The second kappa shape index (κ2) is 8.62. The van der Waals surface area contributed by atoms with Crippen LogP contribution in [0.4, 0.5) is 14.9 Å². The number of hydrogen-bond donors (Lipinski definition) is 1. The summed E-state index contributed by atoms with van der Waals surface area (Å²) in [6.07, 6.45) is 2.08. The third-order valence-corrected chi connectivity index (χ3v) is 4.13. The first-order chi connectivity index (χ1) is 14.2. The minimum absolute atomic E-state index is 0.00396. The molecule has 1 amide bonds. The summed E-state index contributed by atoms with van der Waals surface area (Å²) in [6, 6.07) is 6.13. The maximum absolute atomic E-state index is 15.3. The van der Waals surface area contributed by atoms with E-state index in [4.69, 9.17) is 20.8 Å². The van der Waals surface area contributed by atoms with Gasteiger partial charge in [-0.1, -0.05) is 39.5 Å². The maximum atomic E-state index is 15.3. The molecule has 0 atom stereocenters. The van der Waals surface area contributed by atoms with Gasteiger partial charge in [0.1, 0.15) is 18.0 Å². The van der Waals surface area contributed by atoms with Crippen LogP contribution in [-0.2, 0) is 10.2 Å². The lowest BCUT2D eigenvalue weighted by Crippen LogP contribution is -2.15. The van der Waals surface area contributed by atoms with Crippen molar-refractivity contribution in [2.45, 2.75) is 26.2 Å². The van der Waals surface area contributed by atoms with Gasteiger partial charge in [0.15, 0.2) is 11.6 Å². The van der Waals surface area contributed by atoms with Gasteiger partial charge >= 0.3 is 6.09 Å². The molecular weight excluding hydrogens is 411 g/mol.